The first-order chi connectivity index (χ1) is 16.7. The van der Waals surface area contributed by atoms with Crippen molar-refractivity contribution >= 4 is 22.8 Å². The van der Waals surface area contributed by atoms with Crippen molar-refractivity contribution in [2.45, 2.75) is 51.0 Å². The number of aromatic amines is 1. The molecule has 1 saturated heterocycles. The van der Waals surface area contributed by atoms with Crippen molar-refractivity contribution in [1.29, 1.82) is 0 Å². The molecule has 2 bridgehead atoms. The molecule has 0 spiro atoms. The molecular weight excluding hydrogens is 424 g/mol. The third kappa shape index (κ3) is 4.41. The molecule has 2 aliphatic carbocycles. The average Bonchev–Trinajstić information content (AvgIpc) is 3.60. The zero-order valence-corrected chi connectivity index (χ0v) is 19.7. The molecule has 7 nitrogen and oxygen atoms in total. The Hall–Kier alpha value is -2.93. The van der Waals surface area contributed by atoms with Gasteiger partial charge in [-0.15, -0.1) is 0 Å². The van der Waals surface area contributed by atoms with E-state index in [0.717, 1.165) is 42.5 Å². The van der Waals surface area contributed by atoms with Gasteiger partial charge in [-0.2, -0.15) is 0 Å². The third-order valence-electron chi connectivity index (χ3n) is 8.05. The van der Waals surface area contributed by atoms with E-state index >= 15 is 0 Å². The Morgan fingerprint density at radius 2 is 1.91 bits per heavy atom. The zero-order valence-electron chi connectivity index (χ0n) is 19.7. The topological polar surface area (TPSA) is 85.9 Å². The summed E-state index contributed by atoms with van der Waals surface area (Å²) < 4.78 is 0. The first-order valence-corrected chi connectivity index (χ1v) is 13.0. The molecule has 1 amide bonds. The number of imidazole rings is 1. The quantitative estimate of drug-likeness (QED) is 0.487. The number of H-pyrrole nitrogens is 1. The number of pyridine rings is 1. The summed E-state index contributed by atoms with van der Waals surface area (Å²) in [7, 11) is 0. The van der Waals surface area contributed by atoms with Crippen molar-refractivity contribution in [2.24, 2.45) is 11.8 Å². The highest BCUT2D eigenvalue weighted by atomic mass is 16.1. The Balaban J connectivity index is 1.12. The van der Waals surface area contributed by atoms with Crippen molar-refractivity contribution in [3.8, 4) is 11.4 Å². The summed E-state index contributed by atoms with van der Waals surface area (Å²) in [5, 5.41) is 6.82. The molecule has 6 rings (SSSR count). The van der Waals surface area contributed by atoms with Gasteiger partial charge in [0.25, 0.3) is 5.91 Å². The molecule has 0 radical (unpaired) electrons. The smallest absolute Gasteiger partial charge is 0.253 e. The zero-order chi connectivity index (χ0) is 22.9. The largest absolute Gasteiger partial charge is 0.384 e. The van der Waals surface area contributed by atoms with Crippen molar-refractivity contribution in [2.75, 3.05) is 31.5 Å². The molecule has 7 heteroatoms. The highest BCUT2D eigenvalue weighted by Gasteiger charge is 2.40. The fourth-order valence-corrected chi connectivity index (χ4v) is 6.19. The number of hydrogen-bond acceptors (Lipinski definition) is 5. The van der Waals surface area contributed by atoms with Gasteiger partial charge in [0, 0.05) is 36.6 Å². The molecule has 1 aliphatic heterocycles. The first-order valence-electron chi connectivity index (χ1n) is 13.0. The van der Waals surface area contributed by atoms with Crippen molar-refractivity contribution < 1.29 is 4.79 Å². The van der Waals surface area contributed by atoms with Crippen LogP contribution in [0.25, 0.3) is 22.6 Å². The van der Waals surface area contributed by atoms with E-state index in [0.29, 0.717) is 28.7 Å². The van der Waals surface area contributed by atoms with Crippen molar-refractivity contribution in [1.82, 2.24) is 25.2 Å². The van der Waals surface area contributed by atoms with Crippen LogP contribution in [0.4, 0.5) is 5.69 Å². The summed E-state index contributed by atoms with van der Waals surface area (Å²) in [4.78, 5) is 28.1. The molecule has 178 valence electrons. The van der Waals surface area contributed by atoms with Gasteiger partial charge in [0.05, 0.1) is 5.56 Å². The van der Waals surface area contributed by atoms with E-state index in [4.69, 9.17) is 4.98 Å². The number of carbonyl (C=O) groups is 1. The maximum absolute atomic E-state index is 13.1. The number of benzene rings is 1. The number of anilines is 1. The van der Waals surface area contributed by atoms with E-state index in [1.54, 1.807) is 12.3 Å². The lowest BCUT2D eigenvalue weighted by Gasteiger charge is -2.26. The lowest BCUT2D eigenvalue weighted by molar-refractivity contribution is 0.0924. The summed E-state index contributed by atoms with van der Waals surface area (Å²) in [5.74, 6) is 2.15. The minimum Gasteiger partial charge on any atom is -0.384 e. The molecule has 2 aromatic heterocycles. The minimum atomic E-state index is -0.0312. The van der Waals surface area contributed by atoms with E-state index in [9.17, 15) is 4.79 Å². The molecule has 3 N–H and O–H groups in total. The van der Waals surface area contributed by atoms with E-state index in [1.165, 1.54) is 51.6 Å². The van der Waals surface area contributed by atoms with Crippen LogP contribution in [0.15, 0.2) is 36.5 Å². The van der Waals surface area contributed by atoms with Gasteiger partial charge < -0.3 is 20.5 Å². The standard InChI is InChI=1S/C27H34N6O/c34-27(30-23-17-18-4-5-20(23)16-18)22-10-11-29-26-24(22)31-25(32-26)19-6-8-21(9-7-19)28-12-15-33-13-2-1-3-14-33/h6-11,18,20,23,28H,1-5,12-17H2,(H,30,34)(H,29,31,32). The highest BCUT2D eigenvalue weighted by Crippen LogP contribution is 2.44. The lowest BCUT2D eigenvalue weighted by atomic mass is 9.95. The highest BCUT2D eigenvalue weighted by molar-refractivity contribution is 6.04. The Morgan fingerprint density at radius 3 is 2.68 bits per heavy atom. The van der Waals surface area contributed by atoms with Crippen molar-refractivity contribution in [3.63, 3.8) is 0 Å². The molecular formula is C27H34N6O. The summed E-state index contributed by atoms with van der Waals surface area (Å²) in [6.45, 7) is 4.49. The molecule has 34 heavy (non-hydrogen) atoms. The van der Waals surface area contributed by atoms with Crippen LogP contribution in [0, 0.1) is 11.8 Å². The Labute approximate surface area is 200 Å². The van der Waals surface area contributed by atoms with E-state index in [-0.39, 0.29) is 5.91 Å². The number of fused-ring (bicyclic) bond motifs is 3. The number of piperidine rings is 1. The van der Waals surface area contributed by atoms with Gasteiger partial charge >= 0.3 is 0 Å². The second kappa shape index (κ2) is 9.37. The fourth-order valence-electron chi connectivity index (χ4n) is 6.19. The van der Waals surface area contributed by atoms with Gasteiger partial charge in [-0.05, 0) is 87.4 Å². The van der Waals surface area contributed by atoms with Crippen LogP contribution in [0.1, 0.15) is 55.3 Å². The number of nitrogens with zero attached hydrogens (tertiary/aromatic N) is 3. The Morgan fingerprint density at radius 1 is 1.06 bits per heavy atom. The van der Waals surface area contributed by atoms with Crippen LogP contribution >= 0.6 is 0 Å². The van der Waals surface area contributed by atoms with Crippen LogP contribution in [0.3, 0.4) is 0 Å². The summed E-state index contributed by atoms with van der Waals surface area (Å²) in [6, 6.07) is 10.4. The average molecular weight is 459 g/mol. The Kier molecular flexibility index (Phi) is 5.95. The van der Waals surface area contributed by atoms with E-state index in [2.05, 4.69) is 49.8 Å². The van der Waals surface area contributed by atoms with Gasteiger partial charge in [-0.1, -0.05) is 12.8 Å². The maximum atomic E-state index is 13.1. The predicted molar refractivity (Wildman–Crippen MR) is 135 cm³/mol. The van der Waals surface area contributed by atoms with E-state index < -0.39 is 0 Å². The van der Waals surface area contributed by atoms with Crippen LogP contribution in [-0.2, 0) is 0 Å². The molecule has 3 fully saturated rings. The normalized spacial score (nSPS) is 24.5. The van der Waals surface area contributed by atoms with Crippen LogP contribution in [0.5, 0.6) is 0 Å². The van der Waals surface area contributed by atoms with Gasteiger partial charge in [-0.25, -0.2) is 9.97 Å². The second-order valence-electron chi connectivity index (χ2n) is 10.3. The molecule has 3 heterocycles. The summed E-state index contributed by atoms with van der Waals surface area (Å²) in [5.41, 5.74) is 3.99. The number of likely N-dealkylation sites (tertiary alicyclic amines) is 1. The second-order valence-corrected chi connectivity index (χ2v) is 10.3. The molecule has 3 aliphatic rings. The lowest BCUT2D eigenvalue weighted by Crippen LogP contribution is -2.38. The monoisotopic (exact) mass is 458 g/mol. The molecule has 2 saturated carbocycles. The number of rotatable bonds is 7. The third-order valence-corrected chi connectivity index (χ3v) is 8.05. The van der Waals surface area contributed by atoms with Crippen LogP contribution < -0.4 is 10.6 Å². The van der Waals surface area contributed by atoms with Crippen LogP contribution in [-0.4, -0.2) is 58.0 Å². The van der Waals surface area contributed by atoms with Crippen LogP contribution in [0.2, 0.25) is 0 Å². The Bertz CT molecular complexity index is 1150. The summed E-state index contributed by atoms with van der Waals surface area (Å²) in [6.07, 6.45) is 10.7. The summed E-state index contributed by atoms with van der Waals surface area (Å²) >= 11 is 0. The number of hydrogen-bond donors (Lipinski definition) is 3. The number of nitrogens with one attached hydrogen (secondary N) is 3. The molecule has 3 atom stereocenters. The van der Waals surface area contributed by atoms with Gasteiger partial charge in [0.2, 0.25) is 0 Å². The molecule has 3 unspecified atom stereocenters. The van der Waals surface area contributed by atoms with E-state index in [1.807, 2.05) is 0 Å². The number of amides is 1. The molecule has 3 aromatic rings. The SMILES string of the molecule is O=C(NC1CC2CCC1C2)c1ccnc2[nH]c(-c3ccc(NCCN4CCCCC4)cc3)nc12. The predicted octanol–water partition coefficient (Wildman–Crippen LogP) is 4.44. The van der Waals surface area contributed by atoms with Crippen molar-refractivity contribution in [3.05, 3.63) is 42.1 Å². The first kappa shape index (κ1) is 21.6. The molecule has 1 aromatic carbocycles. The fraction of sp³-hybridized carbons (Fsp3) is 0.519. The van der Waals surface area contributed by atoms with Gasteiger partial charge in [0.1, 0.15) is 11.3 Å². The number of aromatic nitrogens is 3. The number of carbonyl (C=O) groups excluding carboxylic acids is 1. The van der Waals surface area contributed by atoms with Gasteiger partial charge in [0.15, 0.2) is 5.65 Å². The van der Waals surface area contributed by atoms with Gasteiger partial charge in [-0.3, -0.25) is 4.79 Å². The maximum Gasteiger partial charge on any atom is 0.253 e. The minimum absolute atomic E-state index is 0.0312.